The third-order valence-electron chi connectivity index (χ3n) is 2.10. The number of methoxy groups -OCH3 is 1. The number of halogens is 1. The van der Waals surface area contributed by atoms with Gasteiger partial charge < -0.3 is 4.74 Å². The highest BCUT2D eigenvalue weighted by atomic mass is 127. The molecule has 0 bridgehead atoms. The molecule has 3 heteroatoms. The van der Waals surface area contributed by atoms with Gasteiger partial charge in [0.05, 0.1) is 6.10 Å². The summed E-state index contributed by atoms with van der Waals surface area (Å²) in [5.41, 5.74) is 2.29. The van der Waals surface area contributed by atoms with Crippen LogP contribution in [-0.2, 0) is 4.74 Å². The maximum Gasteiger partial charge on any atom is 0.519 e. The SMILES string of the molecule is CO[C@@H](C)c1cccc(C)c1[I+]O. The van der Waals surface area contributed by atoms with E-state index in [1.54, 1.807) is 7.11 Å². The monoisotopic (exact) mass is 293 g/mol. The second kappa shape index (κ2) is 4.93. The predicted octanol–water partition coefficient (Wildman–Crippen LogP) is -1.13. The van der Waals surface area contributed by atoms with E-state index in [-0.39, 0.29) is 6.10 Å². The molecule has 0 unspecified atom stereocenters. The molecule has 0 aliphatic carbocycles. The Kier molecular flexibility index (Phi) is 4.15. The van der Waals surface area contributed by atoms with Gasteiger partial charge in [-0.05, 0) is 13.8 Å². The Morgan fingerprint density at radius 3 is 2.69 bits per heavy atom. The molecule has 0 fully saturated rings. The van der Waals surface area contributed by atoms with Crippen molar-refractivity contribution in [1.29, 1.82) is 0 Å². The van der Waals surface area contributed by atoms with Crippen LogP contribution < -0.4 is 21.6 Å². The van der Waals surface area contributed by atoms with Crippen LogP contribution in [0.15, 0.2) is 18.2 Å². The highest BCUT2D eigenvalue weighted by molar-refractivity contribution is 5.22. The van der Waals surface area contributed by atoms with E-state index in [1.807, 2.05) is 32.0 Å². The minimum absolute atomic E-state index is 0.0711. The first-order chi connectivity index (χ1) is 6.20. The lowest BCUT2D eigenvalue weighted by Gasteiger charge is -2.09. The van der Waals surface area contributed by atoms with E-state index < -0.39 is 21.6 Å². The lowest BCUT2D eigenvalue weighted by molar-refractivity contribution is -0.867. The van der Waals surface area contributed by atoms with Gasteiger partial charge in [-0.3, -0.25) is 0 Å². The number of aryl methyl sites for hydroxylation is 1. The maximum absolute atomic E-state index is 9.30. The van der Waals surface area contributed by atoms with Gasteiger partial charge in [-0.15, -0.1) is 0 Å². The smallest absolute Gasteiger partial charge is 0.377 e. The van der Waals surface area contributed by atoms with Gasteiger partial charge in [0.25, 0.3) is 0 Å². The predicted molar refractivity (Wildman–Crippen MR) is 47.5 cm³/mol. The van der Waals surface area contributed by atoms with Crippen LogP contribution in [0.4, 0.5) is 0 Å². The Morgan fingerprint density at radius 1 is 1.46 bits per heavy atom. The van der Waals surface area contributed by atoms with Crippen molar-refractivity contribution in [2.75, 3.05) is 7.11 Å². The van der Waals surface area contributed by atoms with Gasteiger partial charge in [-0.1, -0.05) is 18.2 Å². The average molecular weight is 293 g/mol. The standard InChI is InChI=1S/C10H14IO2/c1-7-5-4-6-9(8(2)13-3)10(7)11-12/h4-6,8,12H,1-3H3/q+1/t8-/m0/s1. The third kappa shape index (κ3) is 2.42. The molecule has 1 atom stereocenters. The Labute approximate surface area is 89.7 Å². The quantitative estimate of drug-likeness (QED) is 0.715. The molecule has 0 aliphatic heterocycles. The van der Waals surface area contributed by atoms with E-state index in [1.165, 1.54) is 0 Å². The molecular weight excluding hydrogens is 279 g/mol. The number of benzene rings is 1. The minimum atomic E-state index is -0.854. The summed E-state index contributed by atoms with van der Waals surface area (Å²) in [4.78, 5) is 0. The van der Waals surface area contributed by atoms with E-state index >= 15 is 0 Å². The molecule has 1 N–H and O–H groups in total. The highest BCUT2D eigenvalue weighted by Gasteiger charge is 2.22. The summed E-state index contributed by atoms with van der Waals surface area (Å²) >= 11 is -0.854. The Morgan fingerprint density at radius 2 is 2.15 bits per heavy atom. The second-order valence-electron chi connectivity index (χ2n) is 2.94. The van der Waals surface area contributed by atoms with Crippen molar-refractivity contribution in [2.24, 2.45) is 0 Å². The molecule has 1 aromatic rings. The van der Waals surface area contributed by atoms with Gasteiger partial charge in [0, 0.05) is 18.2 Å². The van der Waals surface area contributed by atoms with E-state index in [4.69, 9.17) is 4.74 Å². The van der Waals surface area contributed by atoms with Gasteiger partial charge in [0.15, 0.2) is 0 Å². The molecule has 0 amide bonds. The van der Waals surface area contributed by atoms with E-state index in [0.717, 1.165) is 14.7 Å². The summed E-state index contributed by atoms with van der Waals surface area (Å²) < 4.78 is 15.6. The topological polar surface area (TPSA) is 29.5 Å². The summed E-state index contributed by atoms with van der Waals surface area (Å²) in [6.07, 6.45) is 0.0711. The second-order valence-corrected chi connectivity index (χ2v) is 4.50. The fraction of sp³-hybridized carbons (Fsp3) is 0.400. The normalized spacial score (nSPS) is 12.9. The summed E-state index contributed by atoms with van der Waals surface area (Å²) in [5.74, 6) is 0. The van der Waals surface area contributed by atoms with Gasteiger partial charge in [-0.2, -0.15) is 3.44 Å². The highest BCUT2D eigenvalue weighted by Crippen LogP contribution is 2.16. The molecule has 2 nitrogen and oxygen atoms in total. The molecule has 0 saturated heterocycles. The van der Waals surface area contributed by atoms with E-state index in [2.05, 4.69) is 0 Å². The van der Waals surface area contributed by atoms with E-state index in [9.17, 15) is 3.44 Å². The molecular formula is C10H14IO2+. The van der Waals surface area contributed by atoms with Crippen molar-refractivity contribution < 1.29 is 29.8 Å². The zero-order chi connectivity index (χ0) is 9.84. The van der Waals surface area contributed by atoms with Crippen LogP contribution in [0.1, 0.15) is 24.2 Å². The Balaban J connectivity index is 3.12. The molecule has 13 heavy (non-hydrogen) atoms. The first-order valence-corrected chi connectivity index (χ1v) is 6.16. The van der Waals surface area contributed by atoms with Crippen LogP contribution in [0, 0.1) is 10.5 Å². The third-order valence-corrected chi connectivity index (χ3v) is 4.05. The fourth-order valence-electron chi connectivity index (χ4n) is 1.23. The van der Waals surface area contributed by atoms with Gasteiger partial charge in [0.1, 0.15) is 0 Å². The molecule has 72 valence electrons. The number of hydrogen-bond donors (Lipinski definition) is 1. The summed E-state index contributed by atoms with van der Waals surface area (Å²) in [7, 11) is 1.69. The first-order valence-electron chi connectivity index (χ1n) is 4.11. The zero-order valence-corrected chi connectivity index (χ0v) is 10.2. The molecule has 0 saturated carbocycles. The molecule has 1 rings (SSSR count). The molecule has 0 radical (unpaired) electrons. The van der Waals surface area contributed by atoms with Crippen molar-refractivity contribution in [1.82, 2.24) is 0 Å². The summed E-state index contributed by atoms with van der Waals surface area (Å²) in [5, 5.41) is 0. The Bertz CT molecular complexity index is 286. The van der Waals surface area contributed by atoms with Crippen molar-refractivity contribution >= 4 is 0 Å². The van der Waals surface area contributed by atoms with Crippen LogP contribution in [0.3, 0.4) is 0 Å². The van der Waals surface area contributed by atoms with Crippen molar-refractivity contribution in [2.45, 2.75) is 20.0 Å². The first kappa shape index (κ1) is 10.9. The average Bonchev–Trinajstić information content (AvgIpc) is 2.16. The molecule has 0 spiro atoms. The van der Waals surface area contributed by atoms with Crippen LogP contribution in [0.2, 0.25) is 0 Å². The lowest BCUT2D eigenvalue weighted by Crippen LogP contribution is -3.61. The van der Waals surface area contributed by atoms with Crippen LogP contribution in [-0.4, -0.2) is 10.5 Å². The van der Waals surface area contributed by atoms with Crippen molar-refractivity contribution in [3.8, 4) is 0 Å². The zero-order valence-electron chi connectivity index (χ0n) is 8.04. The van der Waals surface area contributed by atoms with Gasteiger partial charge in [-0.25, -0.2) is 0 Å². The van der Waals surface area contributed by atoms with Crippen LogP contribution in [0.5, 0.6) is 0 Å². The molecule has 1 aromatic carbocycles. The number of ether oxygens (including phenoxy) is 1. The molecule has 0 heterocycles. The number of rotatable bonds is 3. The molecule has 0 aliphatic rings. The minimum Gasteiger partial charge on any atom is -0.377 e. The summed E-state index contributed by atoms with van der Waals surface area (Å²) in [6.45, 7) is 4.02. The van der Waals surface area contributed by atoms with Crippen LogP contribution in [0.25, 0.3) is 0 Å². The largest absolute Gasteiger partial charge is 0.519 e. The number of hydrogen-bond acceptors (Lipinski definition) is 2. The van der Waals surface area contributed by atoms with Gasteiger partial charge >= 0.3 is 21.6 Å². The molecule has 0 aromatic heterocycles. The van der Waals surface area contributed by atoms with Gasteiger partial charge in [0.2, 0.25) is 3.57 Å². The summed E-state index contributed by atoms with van der Waals surface area (Å²) in [6, 6.07) is 6.05. The fourth-order valence-corrected chi connectivity index (χ4v) is 2.68. The maximum atomic E-state index is 9.30. The van der Waals surface area contributed by atoms with E-state index in [0.29, 0.717) is 0 Å². The van der Waals surface area contributed by atoms with Crippen LogP contribution >= 0.6 is 0 Å². The lowest BCUT2D eigenvalue weighted by atomic mass is 10.1. The van der Waals surface area contributed by atoms with Crippen molar-refractivity contribution in [3.63, 3.8) is 0 Å². The van der Waals surface area contributed by atoms with Crippen molar-refractivity contribution in [3.05, 3.63) is 32.9 Å². The Hall–Kier alpha value is -0.130.